The van der Waals surface area contributed by atoms with Gasteiger partial charge in [-0.1, -0.05) is 13.0 Å². The van der Waals surface area contributed by atoms with Gasteiger partial charge in [-0.3, -0.25) is 0 Å². The highest BCUT2D eigenvalue weighted by Gasteiger charge is 2.43. The lowest BCUT2D eigenvalue weighted by Gasteiger charge is -2.38. The summed E-state index contributed by atoms with van der Waals surface area (Å²) in [5, 5.41) is 22.1. The lowest BCUT2D eigenvalue weighted by Crippen LogP contribution is -2.46. The number of benzene rings is 2. The highest BCUT2D eigenvalue weighted by atomic mass is 19.1. The maximum Gasteiger partial charge on any atom is 0.319 e. The summed E-state index contributed by atoms with van der Waals surface area (Å²) in [5.41, 5.74) is -0.859. The minimum atomic E-state index is -0.993. The van der Waals surface area contributed by atoms with E-state index in [9.17, 15) is 10.2 Å². The Morgan fingerprint density at radius 2 is 1.82 bits per heavy atom. The number of aliphatic hydroxyl groups excluding tert-OH is 1. The molecule has 2 aliphatic rings. The predicted octanol–water partition coefficient (Wildman–Crippen LogP) is 5.18. The second-order valence-corrected chi connectivity index (χ2v) is 12.3. The van der Waals surface area contributed by atoms with E-state index in [2.05, 4.69) is 15.0 Å². The lowest BCUT2D eigenvalue weighted by atomic mass is 9.94. The molecule has 2 aromatic heterocycles. The normalized spacial score (nSPS) is 19.2. The largest absolute Gasteiger partial charge is 0.480 e. The SMILES string of the molecule is CCc1c(F)ccc2cc(OCOC)cc(-c3nc(OC)c4c(N5CCC[C@@](C)(O)C5)nc(OCC5(CO)CC5)nc4c3F)c12. The third kappa shape index (κ3) is 5.94. The van der Waals surface area contributed by atoms with Gasteiger partial charge in [0.05, 0.1) is 25.9 Å². The summed E-state index contributed by atoms with van der Waals surface area (Å²) in [6, 6.07) is 6.28. The molecule has 2 aromatic carbocycles. The van der Waals surface area contributed by atoms with Gasteiger partial charge in [0.25, 0.3) is 0 Å². The Bertz CT molecular complexity index is 1750. The van der Waals surface area contributed by atoms with Crippen molar-refractivity contribution in [2.45, 2.75) is 51.6 Å². The van der Waals surface area contributed by atoms with E-state index in [0.29, 0.717) is 59.3 Å². The molecule has 2 fully saturated rings. The first-order chi connectivity index (χ1) is 21.6. The van der Waals surface area contributed by atoms with Crippen LogP contribution in [-0.4, -0.2) is 78.1 Å². The molecule has 45 heavy (non-hydrogen) atoms. The van der Waals surface area contributed by atoms with Gasteiger partial charge in [0.1, 0.15) is 34.0 Å². The zero-order valence-electron chi connectivity index (χ0n) is 26.0. The summed E-state index contributed by atoms with van der Waals surface area (Å²) in [6.45, 7) is 4.47. The van der Waals surface area contributed by atoms with Crippen molar-refractivity contribution in [1.29, 1.82) is 0 Å². The topological polar surface area (TPSA) is 119 Å². The van der Waals surface area contributed by atoms with Crippen LogP contribution in [0.3, 0.4) is 0 Å². The van der Waals surface area contributed by atoms with Gasteiger partial charge in [-0.2, -0.15) is 9.97 Å². The Labute approximate surface area is 259 Å². The third-order valence-electron chi connectivity index (χ3n) is 8.77. The third-order valence-corrected chi connectivity index (χ3v) is 8.77. The molecule has 1 atom stereocenters. The zero-order valence-corrected chi connectivity index (χ0v) is 26.0. The fourth-order valence-corrected chi connectivity index (χ4v) is 6.10. The van der Waals surface area contributed by atoms with Crippen molar-refractivity contribution in [3.05, 3.63) is 41.5 Å². The monoisotopic (exact) mass is 624 g/mol. The summed E-state index contributed by atoms with van der Waals surface area (Å²) in [6.07, 6.45) is 3.25. The number of pyridine rings is 1. The van der Waals surface area contributed by atoms with E-state index in [1.165, 1.54) is 20.3 Å². The Morgan fingerprint density at radius 1 is 1.02 bits per heavy atom. The molecule has 0 radical (unpaired) electrons. The van der Waals surface area contributed by atoms with Crippen LogP contribution in [0.5, 0.6) is 17.6 Å². The Kier molecular flexibility index (Phi) is 8.40. The minimum absolute atomic E-state index is 0.0381. The van der Waals surface area contributed by atoms with Crippen LogP contribution >= 0.6 is 0 Å². The summed E-state index contributed by atoms with van der Waals surface area (Å²) in [5.74, 6) is -0.424. The van der Waals surface area contributed by atoms with Crippen molar-refractivity contribution in [2.75, 3.05) is 52.2 Å². The molecule has 4 aromatic rings. The number of halogens is 2. The van der Waals surface area contributed by atoms with Gasteiger partial charge in [0, 0.05) is 31.2 Å². The van der Waals surface area contributed by atoms with E-state index in [1.54, 1.807) is 25.1 Å². The predicted molar refractivity (Wildman–Crippen MR) is 165 cm³/mol. The van der Waals surface area contributed by atoms with Gasteiger partial charge < -0.3 is 34.1 Å². The number of β-amino-alcohol motifs (C(OH)–C–C–N with tert-alkyl or cyclic N) is 1. The first-order valence-corrected chi connectivity index (χ1v) is 15.2. The van der Waals surface area contributed by atoms with Crippen LogP contribution in [0, 0.1) is 17.0 Å². The van der Waals surface area contributed by atoms with E-state index in [0.717, 1.165) is 12.8 Å². The molecule has 0 unspecified atom stereocenters. The van der Waals surface area contributed by atoms with Gasteiger partial charge in [0.2, 0.25) is 5.88 Å². The smallest absolute Gasteiger partial charge is 0.319 e. The Hall–Kier alpha value is -3.87. The zero-order chi connectivity index (χ0) is 31.9. The fourth-order valence-electron chi connectivity index (χ4n) is 6.10. The molecule has 0 bridgehead atoms. The second-order valence-electron chi connectivity index (χ2n) is 12.3. The van der Waals surface area contributed by atoms with Crippen LogP contribution in [-0.2, 0) is 11.2 Å². The van der Waals surface area contributed by atoms with Crippen LogP contribution in [0.2, 0.25) is 0 Å². The van der Waals surface area contributed by atoms with Crippen molar-refractivity contribution in [3.63, 3.8) is 0 Å². The van der Waals surface area contributed by atoms with E-state index in [-0.39, 0.29) is 60.5 Å². The number of methoxy groups -OCH3 is 2. The molecule has 12 heteroatoms. The van der Waals surface area contributed by atoms with Crippen molar-refractivity contribution >= 4 is 27.5 Å². The standard InChI is InChI=1S/C33H38F2N4O6/c1-5-21-23(34)8-7-19-13-20(45-18-42-3)14-22(24(19)21)27-26(35)28-25(30(36-27)43-4)29(39-12-6-9-32(2,41)15-39)38-31(37-28)44-17-33(16-40)10-11-33/h7-8,13-14,40-41H,5-6,9-12,15-18H2,1-4H3/t32-/m1/s1. The van der Waals surface area contributed by atoms with Gasteiger partial charge in [-0.05, 0) is 73.6 Å². The molecule has 3 heterocycles. The van der Waals surface area contributed by atoms with Crippen molar-refractivity contribution in [2.24, 2.45) is 5.41 Å². The summed E-state index contributed by atoms with van der Waals surface area (Å²) in [4.78, 5) is 15.7. The van der Waals surface area contributed by atoms with E-state index >= 15 is 8.78 Å². The van der Waals surface area contributed by atoms with Gasteiger partial charge in [0.15, 0.2) is 12.6 Å². The number of piperidine rings is 1. The molecule has 1 saturated heterocycles. The van der Waals surface area contributed by atoms with Gasteiger partial charge in [-0.25, -0.2) is 13.8 Å². The number of hydrogen-bond acceptors (Lipinski definition) is 10. The van der Waals surface area contributed by atoms with Crippen LogP contribution in [0.15, 0.2) is 24.3 Å². The van der Waals surface area contributed by atoms with E-state index < -0.39 is 17.2 Å². The molecule has 0 spiro atoms. The highest BCUT2D eigenvalue weighted by molar-refractivity contribution is 6.03. The second kappa shape index (κ2) is 12.1. The number of fused-ring (bicyclic) bond motifs is 2. The quantitative estimate of drug-likeness (QED) is 0.216. The van der Waals surface area contributed by atoms with Gasteiger partial charge >= 0.3 is 6.01 Å². The molecule has 1 saturated carbocycles. The Balaban J connectivity index is 1.61. The molecule has 10 nitrogen and oxygen atoms in total. The highest BCUT2D eigenvalue weighted by Crippen LogP contribution is 2.46. The van der Waals surface area contributed by atoms with E-state index in [1.807, 2.05) is 11.8 Å². The maximum absolute atomic E-state index is 17.0. The molecule has 6 rings (SSSR count). The minimum Gasteiger partial charge on any atom is -0.480 e. The molecular weight excluding hydrogens is 586 g/mol. The van der Waals surface area contributed by atoms with E-state index in [4.69, 9.17) is 18.9 Å². The molecule has 1 aliphatic heterocycles. The number of nitrogens with zero attached hydrogens (tertiary/aromatic N) is 4. The molecule has 2 N–H and O–H groups in total. The van der Waals surface area contributed by atoms with Crippen molar-refractivity contribution in [1.82, 2.24) is 15.0 Å². The number of ether oxygens (including phenoxy) is 4. The number of aryl methyl sites for hydroxylation is 1. The molecular formula is C33H38F2N4O6. The first-order valence-electron chi connectivity index (χ1n) is 15.2. The van der Waals surface area contributed by atoms with Crippen LogP contribution in [0.4, 0.5) is 14.6 Å². The first kappa shape index (κ1) is 31.1. The van der Waals surface area contributed by atoms with Crippen LogP contribution in [0.1, 0.15) is 45.1 Å². The number of aromatic nitrogens is 3. The number of aliphatic hydroxyl groups is 2. The van der Waals surface area contributed by atoms with Crippen LogP contribution in [0.25, 0.3) is 32.9 Å². The number of rotatable bonds is 11. The molecule has 0 amide bonds. The summed E-state index contributed by atoms with van der Waals surface area (Å²) < 4.78 is 54.7. The summed E-state index contributed by atoms with van der Waals surface area (Å²) in [7, 11) is 2.92. The van der Waals surface area contributed by atoms with Crippen LogP contribution < -0.4 is 19.1 Å². The fraction of sp³-hybridized carbons (Fsp3) is 0.485. The Morgan fingerprint density at radius 3 is 2.49 bits per heavy atom. The average molecular weight is 625 g/mol. The average Bonchev–Trinajstić information content (AvgIpc) is 3.82. The summed E-state index contributed by atoms with van der Waals surface area (Å²) >= 11 is 0. The van der Waals surface area contributed by atoms with Crippen molar-refractivity contribution in [3.8, 4) is 28.9 Å². The van der Waals surface area contributed by atoms with Crippen molar-refractivity contribution < 1.29 is 37.9 Å². The number of hydrogen-bond donors (Lipinski definition) is 2. The lowest BCUT2D eigenvalue weighted by molar-refractivity contribution is 0.0447. The van der Waals surface area contributed by atoms with Gasteiger partial charge in [-0.15, -0.1) is 0 Å². The maximum atomic E-state index is 17.0. The molecule has 1 aliphatic carbocycles. The molecule has 240 valence electrons. The number of anilines is 1.